The molecule has 0 N–H and O–H groups in total. The summed E-state index contributed by atoms with van der Waals surface area (Å²) in [6.45, 7) is 32.4. The first-order valence-electron chi connectivity index (χ1n) is 7.60. The molecule has 0 heterocycles. The van der Waals surface area contributed by atoms with Gasteiger partial charge in [0.2, 0.25) is 16.6 Å². The smallest absolute Gasteiger partial charge is 0.450 e. The van der Waals surface area contributed by atoms with Crippen LogP contribution < -0.4 is 0 Å². The van der Waals surface area contributed by atoms with Gasteiger partial charge in [-0.05, 0) is 52.4 Å². The maximum atomic E-state index is 5.97. The minimum absolute atomic E-state index is 0. The summed E-state index contributed by atoms with van der Waals surface area (Å²) in [5, 5.41) is 0. The summed E-state index contributed by atoms with van der Waals surface area (Å²) in [6, 6.07) is 0. The van der Waals surface area contributed by atoms with Gasteiger partial charge < -0.3 is 8.23 Å². The third-order valence-corrected chi connectivity index (χ3v) is 14.3. The summed E-state index contributed by atoms with van der Waals surface area (Å²) < 4.78 is 11.9. The van der Waals surface area contributed by atoms with E-state index in [1.54, 1.807) is 0 Å². The fraction of sp³-hybridized carbons (Fsp3) is 0.500. The van der Waals surface area contributed by atoms with Crippen molar-refractivity contribution in [3.63, 3.8) is 0 Å². The monoisotopic (exact) mass is 567 g/mol. The summed E-state index contributed by atoms with van der Waals surface area (Å²) in [6.07, 6.45) is 0. The van der Waals surface area contributed by atoms with Gasteiger partial charge >= 0.3 is 21.1 Å². The average Bonchev–Trinajstić information content (AvgIpc) is 2.35. The van der Waals surface area contributed by atoms with Crippen LogP contribution >= 0.6 is 0 Å². The predicted molar refractivity (Wildman–Crippen MR) is 113 cm³/mol. The molecule has 0 aliphatic heterocycles. The first-order valence-corrected chi connectivity index (χ1v) is 19.5. The van der Waals surface area contributed by atoms with E-state index in [0.717, 1.165) is 0 Å². The Morgan fingerprint density at radius 3 is 0.739 bits per heavy atom. The second-order valence-corrected chi connectivity index (χ2v) is 24.1. The minimum Gasteiger partial charge on any atom is -0.450 e. The zero-order valence-corrected chi connectivity index (χ0v) is 22.5. The van der Waals surface area contributed by atoms with Gasteiger partial charge in [-0.3, -0.25) is 0 Å². The average molecular weight is 568 g/mol. The second kappa shape index (κ2) is 11.1. The molecular weight excluding hydrogens is 532 g/mol. The van der Waals surface area contributed by atoms with E-state index in [4.69, 9.17) is 8.23 Å². The van der Waals surface area contributed by atoms with Crippen molar-refractivity contribution in [2.75, 3.05) is 0 Å². The summed E-state index contributed by atoms with van der Waals surface area (Å²) in [5.41, 5.74) is 7.72. The van der Waals surface area contributed by atoms with Crippen molar-refractivity contribution >= 4 is 33.3 Å². The topological polar surface area (TPSA) is 18.5 Å². The predicted octanol–water partition coefficient (Wildman–Crippen LogP) is 5.72. The molecule has 0 spiro atoms. The Morgan fingerprint density at radius 2 is 0.696 bits per heavy atom. The maximum Gasteiger partial charge on any atom is 2.00 e. The van der Waals surface area contributed by atoms with Crippen molar-refractivity contribution in [1.82, 2.24) is 0 Å². The molecule has 0 atom stereocenters. The normalized spacial score (nSPS) is 12.2. The first-order chi connectivity index (χ1) is 9.66. The van der Waals surface area contributed by atoms with E-state index >= 15 is 0 Å². The molecule has 0 rings (SSSR count). The van der Waals surface area contributed by atoms with Gasteiger partial charge in [0.05, 0.1) is 0 Å². The number of rotatable bonds is 8. The molecule has 136 valence electrons. The van der Waals surface area contributed by atoms with Gasteiger partial charge in [-0.1, -0.05) is 22.8 Å². The fourth-order valence-corrected chi connectivity index (χ4v) is 13.9. The largest absolute Gasteiger partial charge is 2.00 e. The summed E-state index contributed by atoms with van der Waals surface area (Å²) >= 11 is 0. The molecule has 0 fully saturated rings. The quantitative estimate of drug-likeness (QED) is 0.349. The molecule has 0 unspecified atom stereocenters. The van der Waals surface area contributed by atoms with Gasteiger partial charge in [-0.2, -0.15) is 0 Å². The van der Waals surface area contributed by atoms with Crippen molar-refractivity contribution in [3.8, 4) is 0 Å². The van der Waals surface area contributed by atoms with E-state index in [1.807, 2.05) is 22.8 Å². The van der Waals surface area contributed by atoms with E-state index < -0.39 is 33.3 Å². The molecule has 0 aromatic rings. The van der Waals surface area contributed by atoms with Gasteiger partial charge in [-0.15, -0.1) is 26.3 Å². The van der Waals surface area contributed by atoms with Crippen LogP contribution in [-0.2, 0) is 29.3 Å². The number of hydrogen-bond acceptors (Lipinski definition) is 2. The Kier molecular flexibility index (Phi) is 13.7. The molecule has 0 aliphatic rings. The van der Waals surface area contributed by atoms with Crippen LogP contribution in [0.15, 0.2) is 49.1 Å². The summed E-state index contributed by atoms with van der Waals surface area (Å²) in [4.78, 5) is 0. The van der Waals surface area contributed by atoms with Crippen LogP contribution in [-0.4, -0.2) is 33.3 Å². The first kappa shape index (κ1) is 28.2. The van der Waals surface area contributed by atoms with Crippen molar-refractivity contribution in [1.29, 1.82) is 0 Å². The Morgan fingerprint density at radius 1 is 0.522 bits per heavy atom. The summed E-state index contributed by atoms with van der Waals surface area (Å²) in [7, 11) is -6.32. The molecule has 2 nitrogen and oxygen atoms in total. The van der Waals surface area contributed by atoms with Gasteiger partial charge in [-0.25, -0.2) is 0 Å². The maximum absolute atomic E-state index is 5.97. The van der Waals surface area contributed by atoms with Crippen LogP contribution in [0.2, 0.25) is 52.4 Å². The third kappa shape index (κ3) is 15.7. The zero-order valence-electron chi connectivity index (χ0n) is 16.3. The molecule has 7 heteroatoms. The molecule has 0 aliphatic carbocycles. The Balaban J connectivity index is -0.000000333. The van der Waals surface area contributed by atoms with Crippen LogP contribution in [0, 0.1) is 0 Å². The zero-order chi connectivity index (χ0) is 18.2. The molecule has 0 saturated carbocycles. The molecule has 0 aromatic heterocycles. The molecule has 0 bridgehead atoms. The minimum atomic E-state index is -1.74. The van der Waals surface area contributed by atoms with Gasteiger partial charge in [0, 0.05) is 0 Å². The SMILES string of the molecule is C=C[Si](C)(C=C)O[Si](C)(C)C.C=C[Si](C)(C=C)O[Si](C)(C)C.[Pt+2]. The van der Waals surface area contributed by atoms with Crippen LogP contribution in [0.1, 0.15) is 0 Å². The van der Waals surface area contributed by atoms with Crippen LogP contribution in [0.5, 0.6) is 0 Å². The fourth-order valence-electron chi connectivity index (χ4n) is 1.65. The Bertz CT molecular complexity index is 344. The summed E-state index contributed by atoms with van der Waals surface area (Å²) in [5.74, 6) is 0. The van der Waals surface area contributed by atoms with E-state index in [1.165, 1.54) is 0 Å². The van der Waals surface area contributed by atoms with Gasteiger partial charge in [0.25, 0.3) is 0 Å². The van der Waals surface area contributed by atoms with E-state index in [-0.39, 0.29) is 21.1 Å². The van der Waals surface area contributed by atoms with Gasteiger partial charge in [0.15, 0.2) is 16.6 Å². The molecule has 0 aromatic carbocycles. The van der Waals surface area contributed by atoms with E-state index in [0.29, 0.717) is 0 Å². The van der Waals surface area contributed by atoms with E-state index in [2.05, 4.69) is 78.7 Å². The van der Waals surface area contributed by atoms with E-state index in [9.17, 15) is 0 Å². The second-order valence-electron chi connectivity index (χ2n) is 7.61. The van der Waals surface area contributed by atoms with Crippen molar-refractivity contribution in [2.24, 2.45) is 0 Å². The molecule has 0 saturated heterocycles. The Labute approximate surface area is 163 Å². The van der Waals surface area contributed by atoms with Crippen LogP contribution in [0.3, 0.4) is 0 Å². The molecule has 23 heavy (non-hydrogen) atoms. The standard InChI is InChI=1S/2C8H18OSi2.Pt/c2*1-7-11(6,8-2)9-10(3,4)5;/h2*7-8H,1-2H2,3-6H3;/q;;+2. The van der Waals surface area contributed by atoms with Crippen molar-refractivity contribution in [2.45, 2.75) is 52.4 Å². The third-order valence-electron chi connectivity index (χ3n) is 2.67. The molecular formula is C16H36O2PtSi4+2. The Hall–Kier alpha value is 0.436. The van der Waals surface area contributed by atoms with Crippen molar-refractivity contribution < 1.29 is 29.3 Å². The van der Waals surface area contributed by atoms with Crippen LogP contribution in [0.25, 0.3) is 0 Å². The number of hydrogen-bond donors (Lipinski definition) is 0. The van der Waals surface area contributed by atoms with Crippen molar-refractivity contribution in [3.05, 3.63) is 49.1 Å². The molecule has 0 amide bonds. The van der Waals surface area contributed by atoms with Gasteiger partial charge in [0.1, 0.15) is 0 Å². The molecule has 0 radical (unpaired) electrons. The van der Waals surface area contributed by atoms with Crippen LogP contribution in [0.4, 0.5) is 0 Å².